The molecule has 0 spiro atoms. The van der Waals surface area contributed by atoms with Gasteiger partial charge in [0.25, 0.3) is 0 Å². The van der Waals surface area contributed by atoms with Gasteiger partial charge in [-0.15, -0.1) is 0 Å². The molecule has 3 N–H and O–H groups in total. The lowest BCUT2D eigenvalue weighted by Gasteiger charge is -2.20. The summed E-state index contributed by atoms with van der Waals surface area (Å²) < 4.78 is 21.2. The van der Waals surface area contributed by atoms with Crippen LogP contribution in [-0.4, -0.2) is 21.9 Å². The number of rotatable bonds is 2. The Morgan fingerprint density at radius 2 is 2.50 bits per heavy atom. The van der Waals surface area contributed by atoms with Gasteiger partial charge in [0.2, 0.25) is 0 Å². The largest absolute Gasteiger partial charge is 0.768 e. The van der Waals surface area contributed by atoms with Crippen molar-refractivity contribution in [2.75, 3.05) is 7.05 Å². The number of nitrogens with two attached hydrogens (primary N) is 1. The topological polar surface area (TPSA) is 78.2 Å². The Kier molecular flexibility index (Phi) is 3.02. The molecule has 0 aromatic heterocycles. The van der Waals surface area contributed by atoms with E-state index in [1.807, 2.05) is 0 Å². The minimum absolute atomic E-state index is 0.0743. The Bertz CT molecular complexity index is 260. The van der Waals surface area contributed by atoms with Crippen molar-refractivity contribution in [1.29, 1.82) is 0 Å². The summed E-state index contributed by atoms with van der Waals surface area (Å²) in [4.78, 5) is 0.195. The fourth-order valence-electron chi connectivity index (χ4n) is 1.05. The molecule has 2 atom stereocenters. The van der Waals surface area contributed by atoms with Crippen LogP contribution in [0.4, 0.5) is 0 Å². The smallest absolute Gasteiger partial charge is 0.0450 e. The van der Waals surface area contributed by atoms with Gasteiger partial charge in [-0.25, -0.2) is 0 Å². The number of hydrogen-bond donors (Lipinski definition) is 2. The molecule has 4 nitrogen and oxygen atoms in total. The van der Waals surface area contributed by atoms with Crippen molar-refractivity contribution in [1.82, 2.24) is 5.32 Å². The van der Waals surface area contributed by atoms with E-state index in [4.69, 9.17) is 5.73 Å². The Morgan fingerprint density at radius 3 is 3.00 bits per heavy atom. The summed E-state index contributed by atoms with van der Waals surface area (Å²) in [5.41, 5.74) is 5.81. The predicted octanol–water partition coefficient (Wildman–Crippen LogP) is -0.416. The van der Waals surface area contributed by atoms with E-state index in [0.717, 1.165) is 6.42 Å². The van der Waals surface area contributed by atoms with E-state index in [0.29, 0.717) is 5.70 Å². The fourth-order valence-corrected chi connectivity index (χ4v) is 1.61. The van der Waals surface area contributed by atoms with Crippen molar-refractivity contribution in [3.63, 3.8) is 0 Å². The average molecular weight is 187 g/mol. The molecule has 0 aliphatic heterocycles. The van der Waals surface area contributed by atoms with Crippen molar-refractivity contribution in [3.05, 3.63) is 22.8 Å². The molecular weight excluding hydrogens is 176 g/mol. The van der Waals surface area contributed by atoms with Crippen LogP contribution in [0, 0.1) is 0 Å². The van der Waals surface area contributed by atoms with Gasteiger partial charge in [-0.1, -0.05) is 12.2 Å². The maximum Gasteiger partial charge on any atom is 0.0450 e. The highest BCUT2D eigenvalue weighted by Crippen LogP contribution is 2.16. The van der Waals surface area contributed by atoms with E-state index in [9.17, 15) is 8.76 Å². The van der Waals surface area contributed by atoms with Crippen LogP contribution in [0.15, 0.2) is 22.8 Å². The van der Waals surface area contributed by atoms with E-state index < -0.39 is 11.1 Å². The molecule has 0 radical (unpaired) electrons. The first kappa shape index (κ1) is 9.44. The highest BCUT2D eigenvalue weighted by molar-refractivity contribution is 7.83. The summed E-state index contributed by atoms with van der Waals surface area (Å²) in [5.74, 6) is 0. The number of likely N-dealkylation sites (N-methyl/N-ethyl adjacent to an activating group) is 1. The minimum atomic E-state index is -2.23. The highest BCUT2D eigenvalue weighted by Gasteiger charge is 2.12. The Hall–Kier alpha value is -0.650. The van der Waals surface area contributed by atoms with Crippen LogP contribution in [0.3, 0.4) is 0 Å². The first-order chi connectivity index (χ1) is 5.65. The number of hydrogen-bond acceptors (Lipinski definition) is 4. The van der Waals surface area contributed by atoms with Crippen molar-refractivity contribution in [3.8, 4) is 0 Å². The molecule has 12 heavy (non-hydrogen) atoms. The highest BCUT2D eigenvalue weighted by atomic mass is 32.2. The third kappa shape index (κ3) is 1.94. The molecule has 0 heterocycles. The Labute approximate surface area is 73.8 Å². The van der Waals surface area contributed by atoms with Crippen LogP contribution in [0.25, 0.3) is 0 Å². The van der Waals surface area contributed by atoms with Gasteiger partial charge < -0.3 is 15.6 Å². The van der Waals surface area contributed by atoms with E-state index in [2.05, 4.69) is 5.32 Å². The Morgan fingerprint density at radius 1 is 1.83 bits per heavy atom. The third-order valence-electron chi connectivity index (χ3n) is 1.78. The molecule has 0 bridgehead atoms. The maximum atomic E-state index is 10.6. The van der Waals surface area contributed by atoms with Crippen LogP contribution < -0.4 is 11.1 Å². The van der Waals surface area contributed by atoms with Crippen molar-refractivity contribution in [2.24, 2.45) is 5.73 Å². The van der Waals surface area contributed by atoms with Crippen molar-refractivity contribution >= 4 is 11.1 Å². The molecular formula is C7H11N2O2S-. The summed E-state index contributed by atoms with van der Waals surface area (Å²) in [7, 11) is 1.78. The van der Waals surface area contributed by atoms with Gasteiger partial charge in [-0.2, -0.15) is 0 Å². The van der Waals surface area contributed by atoms with Gasteiger partial charge in [-0.05, 0) is 24.5 Å². The second-order valence-electron chi connectivity index (χ2n) is 2.56. The fraction of sp³-hybridized carbons (Fsp3) is 0.429. The average Bonchev–Trinajstić information content (AvgIpc) is 2.05. The van der Waals surface area contributed by atoms with E-state index >= 15 is 0 Å². The first-order valence-electron chi connectivity index (χ1n) is 3.59. The lowest BCUT2D eigenvalue weighted by atomic mass is 10.1. The van der Waals surface area contributed by atoms with Crippen LogP contribution >= 0.6 is 0 Å². The lowest BCUT2D eigenvalue weighted by Crippen LogP contribution is -2.26. The molecule has 5 heteroatoms. The molecule has 0 aromatic rings. The van der Waals surface area contributed by atoms with Crippen LogP contribution in [0.2, 0.25) is 0 Å². The molecule has 0 saturated heterocycles. The molecule has 68 valence electrons. The molecule has 0 aromatic carbocycles. The van der Waals surface area contributed by atoms with Crippen molar-refractivity contribution in [2.45, 2.75) is 12.5 Å². The van der Waals surface area contributed by atoms with Gasteiger partial charge in [0, 0.05) is 16.6 Å². The third-order valence-corrected chi connectivity index (χ3v) is 2.51. The van der Waals surface area contributed by atoms with E-state index in [-0.39, 0.29) is 10.9 Å². The monoisotopic (exact) mass is 187 g/mol. The standard InChI is InChI=1S/C7H12N2O2S/c1-9-5-2-3-6(8)7(4-5)12(10)11/h3-5,9H,2,8H2,1H3,(H,10,11)/p-1. The summed E-state index contributed by atoms with van der Waals surface area (Å²) in [5, 5.41) is 2.96. The molecule has 1 aliphatic carbocycles. The molecule has 0 amide bonds. The Balaban J connectivity index is 2.85. The zero-order valence-corrected chi connectivity index (χ0v) is 7.56. The normalized spacial score (nSPS) is 26.0. The van der Waals surface area contributed by atoms with Crippen LogP contribution in [-0.2, 0) is 11.1 Å². The van der Waals surface area contributed by atoms with E-state index in [1.54, 1.807) is 19.2 Å². The zero-order valence-electron chi connectivity index (χ0n) is 6.74. The van der Waals surface area contributed by atoms with Gasteiger partial charge >= 0.3 is 0 Å². The summed E-state index contributed by atoms with van der Waals surface area (Å²) in [6.07, 6.45) is 4.08. The molecule has 2 unspecified atom stereocenters. The maximum absolute atomic E-state index is 10.6. The predicted molar refractivity (Wildman–Crippen MR) is 46.7 cm³/mol. The van der Waals surface area contributed by atoms with Crippen LogP contribution in [0.1, 0.15) is 6.42 Å². The summed E-state index contributed by atoms with van der Waals surface area (Å²) in [6.45, 7) is 0. The van der Waals surface area contributed by atoms with Gasteiger partial charge in [0.15, 0.2) is 0 Å². The van der Waals surface area contributed by atoms with Gasteiger partial charge in [0.1, 0.15) is 0 Å². The molecule has 1 rings (SSSR count). The summed E-state index contributed by atoms with van der Waals surface area (Å²) in [6, 6.07) is 0.0743. The second kappa shape index (κ2) is 3.84. The molecule has 0 saturated carbocycles. The number of nitrogens with one attached hydrogen (secondary N) is 1. The molecule has 0 fully saturated rings. The molecule has 1 aliphatic rings. The van der Waals surface area contributed by atoms with Crippen molar-refractivity contribution < 1.29 is 8.76 Å². The first-order valence-corrected chi connectivity index (χ1v) is 4.67. The lowest BCUT2D eigenvalue weighted by molar-refractivity contribution is 0.542. The van der Waals surface area contributed by atoms with Gasteiger partial charge in [0.05, 0.1) is 0 Å². The summed E-state index contributed by atoms with van der Waals surface area (Å²) >= 11 is -2.23. The minimum Gasteiger partial charge on any atom is -0.768 e. The SMILES string of the molecule is CNC1C=C(S(=O)[O-])C(N)=CC1. The quantitative estimate of drug-likeness (QED) is 0.576. The van der Waals surface area contributed by atoms with E-state index in [1.165, 1.54) is 0 Å². The second-order valence-corrected chi connectivity index (χ2v) is 3.47. The van der Waals surface area contributed by atoms with Crippen LogP contribution in [0.5, 0.6) is 0 Å². The van der Waals surface area contributed by atoms with Gasteiger partial charge in [-0.3, -0.25) is 4.21 Å². The zero-order chi connectivity index (χ0) is 9.14.